The van der Waals surface area contributed by atoms with Crippen LogP contribution in [0.4, 0.5) is 4.39 Å². The molecule has 3 rings (SSSR count). The van der Waals surface area contributed by atoms with Gasteiger partial charge in [-0.15, -0.1) is 0 Å². The Bertz CT molecular complexity index is 684. The molecule has 136 valence electrons. The summed E-state index contributed by atoms with van der Waals surface area (Å²) in [6, 6.07) is 4.90. The van der Waals surface area contributed by atoms with Crippen molar-refractivity contribution in [2.75, 3.05) is 13.9 Å². The van der Waals surface area contributed by atoms with Crippen molar-refractivity contribution >= 4 is 5.78 Å². The van der Waals surface area contributed by atoms with E-state index in [0.29, 0.717) is 29.9 Å². The maximum absolute atomic E-state index is 14.3. The lowest BCUT2D eigenvalue weighted by Gasteiger charge is -2.38. The van der Waals surface area contributed by atoms with E-state index in [1.807, 2.05) is 6.92 Å². The lowest BCUT2D eigenvalue weighted by Crippen LogP contribution is -2.45. The highest BCUT2D eigenvalue weighted by molar-refractivity contribution is 5.93. The number of halogens is 1. The molecule has 5 heteroatoms. The number of fused-ring (bicyclic) bond motifs is 1. The van der Waals surface area contributed by atoms with E-state index in [-0.39, 0.29) is 30.2 Å². The second-order valence-corrected chi connectivity index (χ2v) is 6.96. The number of hydrogen-bond acceptors (Lipinski definition) is 4. The predicted octanol–water partition coefficient (Wildman–Crippen LogP) is 4.03. The molecule has 0 saturated carbocycles. The molecule has 1 aromatic carbocycles. The van der Waals surface area contributed by atoms with Crippen molar-refractivity contribution in [3.8, 4) is 5.75 Å². The van der Waals surface area contributed by atoms with Crippen LogP contribution in [0.3, 0.4) is 0 Å². The van der Waals surface area contributed by atoms with E-state index in [0.717, 1.165) is 12.8 Å². The van der Waals surface area contributed by atoms with Crippen LogP contribution in [0, 0.1) is 17.7 Å². The Balaban J connectivity index is 1.85. The lowest BCUT2D eigenvalue weighted by atomic mass is 9.71. The Labute approximate surface area is 148 Å². The van der Waals surface area contributed by atoms with Crippen molar-refractivity contribution < 1.29 is 23.4 Å². The Kier molecular flexibility index (Phi) is 5.13. The standard InChI is InChI=1S/C20H25FO4/c1-4-5-15-11-20(19(10-18(15)22)24-12-25-20)13(2)8-14-6-7-16(23-3)9-17(14)21/h6-7,9-10,13,15H,4-5,8,11-12H2,1-3H3/t13?,15-,20+/m0/s1. The highest BCUT2D eigenvalue weighted by atomic mass is 19.1. The Morgan fingerprint density at radius 2 is 2.24 bits per heavy atom. The number of methoxy groups -OCH3 is 1. The van der Waals surface area contributed by atoms with Gasteiger partial charge in [0.1, 0.15) is 22.9 Å². The van der Waals surface area contributed by atoms with Crippen LogP contribution in [0.5, 0.6) is 5.75 Å². The molecule has 1 aromatic rings. The molecule has 1 heterocycles. The van der Waals surface area contributed by atoms with Crippen LogP contribution in [-0.2, 0) is 20.7 Å². The van der Waals surface area contributed by atoms with Gasteiger partial charge in [0.2, 0.25) is 0 Å². The molecule has 1 fully saturated rings. The first-order chi connectivity index (χ1) is 12.0. The third kappa shape index (κ3) is 3.30. The third-order valence-electron chi connectivity index (χ3n) is 5.39. The van der Waals surface area contributed by atoms with Gasteiger partial charge in [0.25, 0.3) is 0 Å². The molecule has 25 heavy (non-hydrogen) atoms. The molecule has 1 unspecified atom stereocenters. The number of hydrogen-bond donors (Lipinski definition) is 0. The van der Waals surface area contributed by atoms with Crippen molar-refractivity contribution in [2.45, 2.75) is 45.1 Å². The Morgan fingerprint density at radius 1 is 1.44 bits per heavy atom. The van der Waals surface area contributed by atoms with Crippen molar-refractivity contribution in [1.29, 1.82) is 0 Å². The molecule has 0 amide bonds. The summed E-state index contributed by atoms with van der Waals surface area (Å²) < 4.78 is 31.0. The molecule has 0 spiro atoms. The van der Waals surface area contributed by atoms with Crippen LogP contribution in [0.25, 0.3) is 0 Å². The highest BCUT2D eigenvalue weighted by Crippen LogP contribution is 2.46. The lowest BCUT2D eigenvalue weighted by molar-refractivity contribution is -0.123. The Morgan fingerprint density at radius 3 is 2.92 bits per heavy atom. The Hall–Kier alpha value is -1.88. The largest absolute Gasteiger partial charge is 0.497 e. The number of carbonyl (C=O) groups excluding carboxylic acids is 1. The van der Waals surface area contributed by atoms with E-state index in [1.165, 1.54) is 13.2 Å². The number of carbonyl (C=O) groups is 1. The zero-order chi connectivity index (χ0) is 18.0. The number of ether oxygens (including phenoxy) is 3. The number of rotatable bonds is 6. The van der Waals surface area contributed by atoms with Gasteiger partial charge in [-0.25, -0.2) is 4.39 Å². The molecule has 4 nitrogen and oxygen atoms in total. The summed E-state index contributed by atoms with van der Waals surface area (Å²) in [5.74, 6) is 0.853. The maximum atomic E-state index is 14.3. The van der Waals surface area contributed by atoms with Crippen LogP contribution in [0.2, 0.25) is 0 Å². The van der Waals surface area contributed by atoms with Crippen LogP contribution < -0.4 is 4.74 Å². The SMILES string of the molecule is CCC[C@H]1C[C@]2(C(C)Cc3ccc(OC)cc3F)OCOC2=CC1=O. The molecule has 0 N–H and O–H groups in total. The summed E-state index contributed by atoms with van der Waals surface area (Å²) >= 11 is 0. The molecule has 2 aliphatic rings. The second-order valence-electron chi connectivity index (χ2n) is 6.96. The first-order valence-corrected chi connectivity index (χ1v) is 8.85. The fraction of sp³-hybridized carbons (Fsp3) is 0.550. The van der Waals surface area contributed by atoms with Gasteiger partial charge in [-0.2, -0.15) is 0 Å². The highest BCUT2D eigenvalue weighted by Gasteiger charge is 2.51. The van der Waals surface area contributed by atoms with E-state index in [2.05, 4.69) is 6.92 Å². The second kappa shape index (κ2) is 7.16. The number of ketones is 1. The van der Waals surface area contributed by atoms with Gasteiger partial charge >= 0.3 is 0 Å². The summed E-state index contributed by atoms with van der Waals surface area (Å²) in [7, 11) is 1.52. The van der Waals surface area contributed by atoms with E-state index in [4.69, 9.17) is 14.2 Å². The zero-order valence-electron chi connectivity index (χ0n) is 15.0. The molecule has 3 atom stereocenters. The molecule has 1 aliphatic heterocycles. The maximum Gasteiger partial charge on any atom is 0.189 e. The van der Waals surface area contributed by atoms with Crippen LogP contribution in [0.1, 0.15) is 38.7 Å². The quantitative estimate of drug-likeness (QED) is 0.779. The first-order valence-electron chi connectivity index (χ1n) is 8.85. The van der Waals surface area contributed by atoms with Crippen LogP contribution >= 0.6 is 0 Å². The summed E-state index contributed by atoms with van der Waals surface area (Å²) in [5.41, 5.74) is -0.0263. The van der Waals surface area contributed by atoms with Gasteiger partial charge in [0.15, 0.2) is 12.6 Å². The minimum absolute atomic E-state index is 0.0170. The molecule has 1 aliphatic carbocycles. The van der Waals surface area contributed by atoms with Gasteiger partial charge < -0.3 is 14.2 Å². The van der Waals surface area contributed by atoms with E-state index < -0.39 is 5.60 Å². The van der Waals surface area contributed by atoms with Crippen molar-refractivity contribution in [3.63, 3.8) is 0 Å². The molecule has 0 bridgehead atoms. The zero-order valence-corrected chi connectivity index (χ0v) is 15.0. The molecule has 1 saturated heterocycles. The molecular weight excluding hydrogens is 323 g/mol. The average Bonchev–Trinajstić information content (AvgIpc) is 3.01. The predicted molar refractivity (Wildman–Crippen MR) is 91.7 cm³/mol. The van der Waals surface area contributed by atoms with Crippen molar-refractivity contribution in [3.05, 3.63) is 41.4 Å². The van der Waals surface area contributed by atoms with E-state index in [9.17, 15) is 9.18 Å². The molecular formula is C20H25FO4. The van der Waals surface area contributed by atoms with Crippen LogP contribution in [0.15, 0.2) is 30.0 Å². The van der Waals surface area contributed by atoms with E-state index in [1.54, 1.807) is 18.2 Å². The van der Waals surface area contributed by atoms with Gasteiger partial charge in [-0.1, -0.05) is 26.3 Å². The smallest absolute Gasteiger partial charge is 0.189 e. The normalized spacial score (nSPS) is 26.6. The average molecular weight is 348 g/mol. The van der Waals surface area contributed by atoms with Crippen molar-refractivity contribution in [2.24, 2.45) is 11.8 Å². The van der Waals surface area contributed by atoms with Gasteiger partial charge in [-0.05, 0) is 36.8 Å². The van der Waals surface area contributed by atoms with E-state index >= 15 is 0 Å². The fourth-order valence-corrected chi connectivity index (χ4v) is 3.92. The number of benzene rings is 1. The third-order valence-corrected chi connectivity index (χ3v) is 5.39. The van der Waals surface area contributed by atoms with Crippen molar-refractivity contribution in [1.82, 2.24) is 0 Å². The molecule has 0 aromatic heterocycles. The van der Waals surface area contributed by atoms with Gasteiger partial charge in [0, 0.05) is 18.1 Å². The summed E-state index contributed by atoms with van der Waals surface area (Å²) in [5, 5.41) is 0. The van der Waals surface area contributed by atoms with Crippen LogP contribution in [-0.4, -0.2) is 25.3 Å². The van der Waals surface area contributed by atoms with Gasteiger partial charge in [0.05, 0.1) is 7.11 Å². The summed E-state index contributed by atoms with van der Waals surface area (Å²) in [6.07, 6.45) is 4.47. The monoisotopic (exact) mass is 348 g/mol. The number of allylic oxidation sites excluding steroid dienone is 1. The fourth-order valence-electron chi connectivity index (χ4n) is 3.92. The molecule has 0 radical (unpaired) electrons. The van der Waals surface area contributed by atoms with Gasteiger partial charge in [-0.3, -0.25) is 4.79 Å². The minimum Gasteiger partial charge on any atom is -0.497 e. The topological polar surface area (TPSA) is 44.8 Å². The summed E-state index contributed by atoms with van der Waals surface area (Å²) in [6.45, 7) is 4.25. The minimum atomic E-state index is -0.639. The first kappa shape index (κ1) is 17.9. The summed E-state index contributed by atoms with van der Waals surface area (Å²) in [4.78, 5) is 12.3.